The first-order valence-corrected chi connectivity index (χ1v) is 6.17. The van der Waals surface area contributed by atoms with Crippen LogP contribution in [0.5, 0.6) is 0 Å². The first kappa shape index (κ1) is 12.4. The van der Waals surface area contributed by atoms with E-state index < -0.39 is 25.9 Å². The Balaban J connectivity index is 3.11. The topological polar surface area (TPSA) is 77.4 Å². The van der Waals surface area contributed by atoms with Gasteiger partial charge in [-0.2, -0.15) is 8.42 Å². The van der Waals surface area contributed by atoms with Crippen molar-refractivity contribution in [3.63, 3.8) is 0 Å². The number of hydrogen-bond donors (Lipinski definition) is 1. The number of hydrogen-bond acceptors (Lipinski definition) is 3. The Morgan fingerprint density at radius 3 is 2.13 bits per heavy atom. The number of benzene rings is 1. The van der Waals surface area contributed by atoms with E-state index in [9.17, 15) is 21.8 Å². The molecule has 0 saturated heterocycles. The van der Waals surface area contributed by atoms with Crippen LogP contribution in [-0.2, 0) is 21.3 Å². The fourth-order valence-corrected chi connectivity index (χ4v) is 2.51. The van der Waals surface area contributed by atoms with E-state index in [-0.39, 0.29) is 4.90 Å². The molecule has 1 aromatic carbocycles. The van der Waals surface area contributed by atoms with Crippen LogP contribution in [0.1, 0.15) is 0 Å². The van der Waals surface area contributed by atoms with Gasteiger partial charge in [0.2, 0.25) is 0 Å². The van der Waals surface area contributed by atoms with Gasteiger partial charge in [0.05, 0.1) is 11.2 Å². The maximum atomic E-state index is 12.9. The summed E-state index contributed by atoms with van der Waals surface area (Å²) in [6.45, 7) is 0. The molecule has 0 aliphatic heterocycles. The molecule has 1 N–H and O–H groups in total. The van der Waals surface area contributed by atoms with Crippen molar-refractivity contribution in [2.45, 2.75) is 9.48 Å². The molecule has 0 aliphatic carbocycles. The molecule has 15 heavy (non-hydrogen) atoms. The lowest BCUT2D eigenvalue weighted by Crippen LogP contribution is -2.37. The molecule has 1 aromatic rings. The van der Waals surface area contributed by atoms with Gasteiger partial charge in [-0.3, -0.25) is 4.55 Å². The van der Waals surface area contributed by atoms with E-state index >= 15 is 0 Å². The molecule has 4 nitrogen and oxygen atoms in total. The zero-order valence-corrected chi connectivity index (χ0v) is 8.76. The lowest BCUT2D eigenvalue weighted by atomic mass is 10.4. The summed E-state index contributed by atoms with van der Waals surface area (Å²) in [5, 5.41) is 0. The number of halogens is 2. The fraction of sp³-hybridized carbons (Fsp3) is 0.143. The zero-order chi connectivity index (χ0) is 11.7. The molecule has 0 heterocycles. The third-order valence-electron chi connectivity index (χ3n) is 1.47. The minimum absolute atomic E-state index is 0.375. The molecule has 1 atom stereocenters. The smallest absolute Gasteiger partial charge is 0.542 e. The minimum atomic E-state index is -5.68. The van der Waals surface area contributed by atoms with Gasteiger partial charge < -0.3 is 4.55 Å². The van der Waals surface area contributed by atoms with Crippen molar-refractivity contribution < 1.29 is 26.3 Å². The van der Waals surface area contributed by atoms with Crippen molar-refractivity contribution in [3.8, 4) is 0 Å². The molecule has 1 unspecified atom stereocenters. The molecule has 0 saturated carbocycles. The van der Waals surface area contributed by atoms with Crippen LogP contribution in [-0.4, -0.2) is 22.1 Å². The second-order valence-electron chi connectivity index (χ2n) is 2.52. The van der Waals surface area contributed by atoms with Crippen LogP contribution >= 0.6 is 0 Å². The van der Waals surface area contributed by atoms with Crippen molar-refractivity contribution >= 4 is 21.3 Å². The maximum absolute atomic E-state index is 12.9. The van der Waals surface area contributed by atoms with Gasteiger partial charge in [-0.1, -0.05) is 18.2 Å². The molecule has 0 bridgehead atoms. The van der Waals surface area contributed by atoms with E-state index in [0.29, 0.717) is 0 Å². The molecule has 0 amide bonds. The van der Waals surface area contributed by atoms with Gasteiger partial charge in [0, 0.05) is 0 Å². The van der Waals surface area contributed by atoms with Crippen LogP contribution < -0.4 is 0 Å². The largest absolute Gasteiger partial charge is 0.606 e. The Labute approximate surface area is 87.9 Å². The Bertz CT molecular complexity index is 432. The van der Waals surface area contributed by atoms with Crippen LogP contribution in [0.2, 0.25) is 0 Å². The quantitative estimate of drug-likeness (QED) is 0.651. The Kier molecular flexibility index (Phi) is 3.34. The zero-order valence-electron chi connectivity index (χ0n) is 7.13. The van der Waals surface area contributed by atoms with E-state index in [0.717, 1.165) is 12.1 Å². The van der Waals surface area contributed by atoms with Gasteiger partial charge in [0.25, 0.3) is 0 Å². The summed E-state index contributed by atoms with van der Waals surface area (Å²) < 4.78 is 60.9. The summed E-state index contributed by atoms with van der Waals surface area (Å²) >= 11 is -3.13. The van der Waals surface area contributed by atoms with E-state index in [2.05, 4.69) is 0 Å². The third kappa shape index (κ3) is 2.46. The molecule has 0 radical (unpaired) electrons. The van der Waals surface area contributed by atoms with Crippen molar-refractivity contribution in [1.82, 2.24) is 0 Å². The van der Waals surface area contributed by atoms with Gasteiger partial charge in [0.1, 0.15) is 0 Å². The van der Waals surface area contributed by atoms with Crippen molar-refractivity contribution in [2.24, 2.45) is 0 Å². The Hall–Kier alpha value is -0.700. The molecule has 0 spiro atoms. The number of alkyl halides is 2. The van der Waals surface area contributed by atoms with Gasteiger partial charge in [-0.15, -0.1) is 8.78 Å². The van der Waals surface area contributed by atoms with Crippen LogP contribution in [0.3, 0.4) is 0 Å². The Morgan fingerprint density at radius 1 is 1.27 bits per heavy atom. The first-order chi connectivity index (χ1) is 6.77. The first-order valence-electron chi connectivity index (χ1n) is 3.58. The molecule has 1 rings (SSSR count). The van der Waals surface area contributed by atoms with Crippen LogP contribution in [0.4, 0.5) is 8.78 Å². The molecular weight excluding hydrogens is 250 g/mol. The van der Waals surface area contributed by atoms with Crippen LogP contribution in [0, 0.1) is 0 Å². The van der Waals surface area contributed by atoms with Crippen LogP contribution in [0.15, 0.2) is 35.2 Å². The molecule has 84 valence electrons. The number of rotatable bonds is 3. The van der Waals surface area contributed by atoms with Crippen LogP contribution in [0.25, 0.3) is 0 Å². The maximum Gasteiger partial charge on any atom is 0.542 e. The van der Waals surface area contributed by atoms with Gasteiger partial charge in [-0.25, -0.2) is 0 Å². The van der Waals surface area contributed by atoms with E-state index in [1.807, 2.05) is 0 Å². The van der Waals surface area contributed by atoms with E-state index in [4.69, 9.17) is 4.55 Å². The lowest BCUT2D eigenvalue weighted by molar-refractivity contribution is 0.166. The Morgan fingerprint density at radius 2 is 1.73 bits per heavy atom. The highest BCUT2D eigenvalue weighted by Crippen LogP contribution is 2.33. The van der Waals surface area contributed by atoms with Gasteiger partial charge in [-0.05, 0) is 12.1 Å². The predicted octanol–water partition coefficient (Wildman–Crippen LogP) is 1.23. The van der Waals surface area contributed by atoms with E-state index in [1.165, 1.54) is 18.2 Å². The summed E-state index contributed by atoms with van der Waals surface area (Å²) in [5.74, 6) is 0. The van der Waals surface area contributed by atoms with Crippen molar-refractivity contribution in [1.29, 1.82) is 0 Å². The normalized spacial score (nSPS) is 14.9. The fourth-order valence-electron chi connectivity index (χ4n) is 0.777. The summed E-state index contributed by atoms with van der Waals surface area (Å²) in [6, 6.07) is 6.30. The van der Waals surface area contributed by atoms with Gasteiger partial charge in [0.15, 0.2) is 4.90 Å². The monoisotopic (exact) mass is 256 g/mol. The summed E-state index contributed by atoms with van der Waals surface area (Å²) in [4.78, 5) is -0.375. The average molecular weight is 256 g/mol. The highest BCUT2D eigenvalue weighted by Gasteiger charge is 2.58. The highest BCUT2D eigenvalue weighted by atomic mass is 32.3. The standard InChI is InChI=1S/C7H6F2O4S2/c8-7(9,15(11,12)13)14(10)6-4-2-1-3-5-6/h1-5H,(H,11,12,13). The SMILES string of the molecule is O=S(=O)(O)C(F)(F)[S+]([O-])c1ccccc1. The predicted molar refractivity (Wildman–Crippen MR) is 49.3 cm³/mol. The molecule has 0 aromatic heterocycles. The summed E-state index contributed by atoms with van der Waals surface area (Å²) in [5.41, 5.74) is 0. The minimum Gasteiger partial charge on any atom is -0.606 e. The molecule has 0 aliphatic rings. The summed E-state index contributed by atoms with van der Waals surface area (Å²) in [6.07, 6.45) is 0. The van der Waals surface area contributed by atoms with Gasteiger partial charge >= 0.3 is 14.7 Å². The lowest BCUT2D eigenvalue weighted by Gasteiger charge is -2.16. The highest BCUT2D eigenvalue weighted by molar-refractivity contribution is 8.07. The van der Waals surface area contributed by atoms with Crippen molar-refractivity contribution in [3.05, 3.63) is 30.3 Å². The van der Waals surface area contributed by atoms with Crippen molar-refractivity contribution in [2.75, 3.05) is 0 Å². The van der Waals surface area contributed by atoms with E-state index in [1.54, 1.807) is 0 Å². The average Bonchev–Trinajstić information content (AvgIpc) is 2.16. The molecule has 0 fully saturated rings. The second-order valence-corrected chi connectivity index (χ2v) is 5.76. The summed E-state index contributed by atoms with van der Waals surface area (Å²) in [7, 11) is -5.68. The molecular formula is C7H6F2O4S2. The third-order valence-corrected chi connectivity index (χ3v) is 4.29. The molecule has 8 heteroatoms. The second kappa shape index (κ2) is 4.05.